The normalized spacial score (nSPS) is 11.6. The molecule has 0 spiro atoms. The van der Waals surface area contributed by atoms with Crippen molar-refractivity contribution in [1.82, 2.24) is 14.9 Å². The molecule has 1 amide bonds. The number of nitrogens with one attached hydrogen (secondary N) is 2. The Kier molecular flexibility index (Phi) is 8.49. The number of anilines is 3. The lowest BCUT2D eigenvalue weighted by Crippen LogP contribution is -2.15. The van der Waals surface area contributed by atoms with Crippen LogP contribution in [0.1, 0.15) is 6.42 Å². The highest BCUT2D eigenvalue weighted by molar-refractivity contribution is 6.37. The van der Waals surface area contributed by atoms with E-state index in [0.717, 1.165) is 0 Å². The molecule has 0 bridgehead atoms. The Bertz CT molecular complexity index is 1240. The first-order valence-electron chi connectivity index (χ1n) is 10.2. The van der Waals surface area contributed by atoms with Gasteiger partial charge in [0.1, 0.15) is 23.6 Å². The van der Waals surface area contributed by atoms with E-state index in [2.05, 4.69) is 20.6 Å². The molecule has 2 aromatic carbocycles. The van der Waals surface area contributed by atoms with Gasteiger partial charge in [-0.05, 0) is 38.7 Å². The number of amides is 1. The fourth-order valence-electron chi connectivity index (χ4n) is 3.08. The van der Waals surface area contributed by atoms with Crippen LogP contribution in [0, 0.1) is 0 Å². The van der Waals surface area contributed by atoms with E-state index < -0.39 is 11.7 Å². The first kappa shape index (κ1) is 25.5. The van der Waals surface area contributed by atoms with Crippen LogP contribution in [-0.2, 0) is 4.79 Å². The van der Waals surface area contributed by atoms with Gasteiger partial charge in [0.15, 0.2) is 5.83 Å². The minimum atomic E-state index is -0.883. The van der Waals surface area contributed by atoms with E-state index in [0.29, 0.717) is 56.9 Å². The molecule has 0 saturated heterocycles. The molecule has 180 valence electrons. The fourth-order valence-corrected chi connectivity index (χ4v) is 3.59. The Balaban J connectivity index is 1.96. The molecule has 1 heterocycles. The van der Waals surface area contributed by atoms with Crippen LogP contribution < -0.4 is 20.1 Å². The molecule has 3 rings (SSSR count). The first-order chi connectivity index (χ1) is 16.2. The third-order valence-electron chi connectivity index (χ3n) is 4.82. The van der Waals surface area contributed by atoms with Crippen molar-refractivity contribution < 1.29 is 18.7 Å². The zero-order chi connectivity index (χ0) is 24.8. The minimum absolute atomic E-state index is 0.258. The summed E-state index contributed by atoms with van der Waals surface area (Å²) in [6.45, 7) is 0.615. The number of hydrogen-bond donors (Lipinski definition) is 2. The summed E-state index contributed by atoms with van der Waals surface area (Å²) in [5, 5.41) is 6.94. The molecule has 0 aliphatic rings. The van der Waals surface area contributed by atoms with Gasteiger partial charge >= 0.3 is 0 Å². The van der Waals surface area contributed by atoms with E-state index in [1.54, 1.807) is 24.3 Å². The number of hydrogen-bond acceptors (Lipinski definition) is 7. The predicted molar refractivity (Wildman–Crippen MR) is 133 cm³/mol. The molecular weight excluding hydrogens is 484 g/mol. The lowest BCUT2D eigenvalue weighted by atomic mass is 10.1. The number of carbonyl (C=O) groups is 1. The van der Waals surface area contributed by atoms with Crippen LogP contribution in [0.15, 0.2) is 42.5 Å². The molecule has 0 fully saturated rings. The Morgan fingerprint density at radius 1 is 1.06 bits per heavy atom. The van der Waals surface area contributed by atoms with Crippen molar-refractivity contribution in [2.24, 2.45) is 0 Å². The van der Waals surface area contributed by atoms with Gasteiger partial charge in [0.05, 0.1) is 41.2 Å². The number of rotatable bonds is 9. The molecule has 2 N–H and O–H groups in total. The van der Waals surface area contributed by atoms with Crippen molar-refractivity contribution >= 4 is 57.2 Å². The summed E-state index contributed by atoms with van der Waals surface area (Å²) >= 11 is 12.4. The van der Waals surface area contributed by atoms with Gasteiger partial charge in [0.25, 0.3) is 5.91 Å². The zero-order valence-corrected chi connectivity index (χ0v) is 20.6. The van der Waals surface area contributed by atoms with Gasteiger partial charge in [0.2, 0.25) is 0 Å². The maximum atomic E-state index is 14.3. The van der Waals surface area contributed by atoms with Crippen molar-refractivity contribution in [2.75, 3.05) is 45.5 Å². The second kappa shape index (κ2) is 11.3. The molecule has 1 aromatic heterocycles. The minimum Gasteiger partial charge on any atom is -0.495 e. The summed E-state index contributed by atoms with van der Waals surface area (Å²) in [5.41, 5.74) is 1.29. The van der Waals surface area contributed by atoms with Crippen LogP contribution in [0.25, 0.3) is 10.9 Å². The number of nitrogens with zero attached hydrogens (tertiary/aromatic N) is 3. The molecular formula is C23H24Cl2FN5O3. The van der Waals surface area contributed by atoms with Gasteiger partial charge in [-0.1, -0.05) is 23.2 Å². The van der Waals surface area contributed by atoms with Crippen LogP contribution in [-0.4, -0.2) is 55.6 Å². The highest BCUT2D eigenvalue weighted by atomic mass is 35.5. The highest BCUT2D eigenvalue weighted by Crippen LogP contribution is 2.38. The quantitative estimate of drug-likeness (QED) is 0.372. The van der Waals surface area contributed by atoms with Crippen molar-refractivity contribution in [3.05, 3.63) is 52.5 Å². The third kappa shape index (κ3) is 6.05. The van der Waals surface area contributed by atoms with E-state index in [4.69, 9.17) is 32.7 Å². The maximum absolute atomic E-state index is 14.3. The van der Waals surface area contributed by atoms with E-state index in [1.807, 2.05) is 19.0 Å². The number of methoxy groups -OCH3 is 2. The van der Waals surface area contributed by atoms with Crippen molar-refractivity contribution in [1.29, 1.82) is 0 Å². The van der Waals surface area contributed by atoms with Gasteiger partial charge in [-0.15, -0.1) is 0 Å². The van der Waals surface area contributed by atoms with Crippen LogP contribution in [0.2, 0.25) is 10.0 Å². The Hall–Kier alpha value is -3.14. The molecule has 0 unspecified atom stereocenters. The predicted octanol–water partition coefficient (Wildman–Crippen LogP) is 5.44. The number of aromatic nitrogens is 2. The molecule has 0 aliphatic heterocycles. The Labute approximate surface area is 206 Å². The maximum Gasteiger partial charge on any atom is 0.284 e. The molecule has 0 radical (unpaired) electrons. The van der Waals surface area contributed by atoms with Crippen LogP contribution in [0.4, 0.5) is 21.6 Å². The Morgan fingerprint density at radius 2 is 1.79 bits per heavy atom. The Morgan fingerprint density at radius 3 is 2.47 bits per heavy atom. The smallest absolute Gasteiger partial charge is 0.284 e. The lowest BCUT2D eigenvalue weighted by Gasteiger charge is -2.15. The number of fused-ring (bicyclic) bond motifs is 1. The lowest BCUT2D eigenvalue weighted by molar-refractivity contribution is -0.114. The van der Waals surface area contributed by atoms with Gasteiger partial charge in [0, 0.05) is 24.1 Å². The molecule has 3 aromatic rings. The summed E-state index contributed by atoms with van der Waals surface area (Å²) in [7, 11) is 6.67. The van der Waals surface area contributed by atoms with Crippen molar-refractivity contribution in [3.8, 4) is 11.5 Å². The zero-order valence-electron chi connectivity index (χ0n) is 19.1. The molecule has 0 saturated carbocycles. The van der Waals surface area contributed by atoms with Crippen molar-refractivity contribution in [2.45, 2.75) is 6.42 Å². The summed E-state index contributed by atoms with van der Waals surface area (Å²) < 4.78 is 24.9. The monoisotopic (exact) mass is 507 g/mol. The van der Waals surface area contributed by atoms with Gasteiger partial charge < -0.3 is 25.0 Å². The number of carbonyl (C=O) groups excluding carboxylic acids is 1. The fraction of sp³-hybridized carbons (Fsp3) is 0.261. The standard InChI is InChI=1S/C23H24Cl2FN5O3/c1-31(2)7-5-6-16(26)23(32)30-19-8-13-17(10-21(19)34-4)27-12-28-22(13)29-18-11-20(33-3)15(25)9-14(18)24/h6,8-12H,5,7H2,1-4H3,(H,30,32)(H,27,28,29)/b16-6-. The summed E-state index contributed by atoms with van der Waals surface area (Å²) in [6, 6.07) is 6.41. The largest absolute Gasteiger partial charge is 0.495 e. The van der Waals surface area contributed by atoms with E-state index in [9.17, 15) is 9.18 Å². The summed E-state index contributed by atoms with van der Waals surface area (Å²) in [5.74, 6) is -0.618. The van der Waals surface area contributed by atoms with Crippen LogP contribution >= 0.6 is 23.2 Å². The number of halogens is 3. The van der Waals surface area contributed by atoms with Crippen molar-refractivity contribution in [3.63, 3.8) is 0 Å². The van der Waals surface area contributed by atoms with Gasteiger partial charge in [-0.2, -0.15) is 0 Å². The van der Waals surface area contributed by atoms with Gasteiger partial charge in [-0.3, -0.25) is 4.79 Å². The topological polar surface area (TPSA) is 88.6 Å². The van der Waals surface area contributed by atoms with E-state index in [-0.39, 0.29) is 5.69 Å². The third-order valence-corrected chi connectivity index (χ3v) is 5.42. The highest BCUT2D eigenvalue weighted by Gasteiger charge is 2.16. The molecule has 34 heavy (non-hydrogen) atoms. The molecule has 0 aliphatic carbocycles. The van der Waals surface area contributed by atoms with Crippen LogP contribution in [0.3, 0.4) is 0 Å². The molecule has 8 nitrogen and oxygen atoms in total. The molecule has 11 heteroatoms. The number of ether oxygens (including phenoxy) is 2. The summed E-state index contributed by atoms with van der Waals surface area (Å²) in [4.78, 5) is 22.8. The van der Waals surface area contributed by atoms with E-state index >= 15 is 0 Å². The van der Waals surface area contributed by atoms with E-state index in [1.165, 1.54) is 26.6 Å². The second-order valence-corrected chi connectivity index (χ2v) is 8.30. The second-order valence-electron chi connectivity index (χ2n) is 7.48. The average molecular weight is 508 g/mol. The molecule has 0 atom stereocenters. The van der Waals surface area contributed by atoms with Gasteiger partial charge in [-0.25, -0.2) is 14.4 Å². The number of benzene rings is 2. The first-order valence-corrected chi connectivity index (χ1v) is 10.9. The average Bonchev–Trinajstić information content (AvgIpc) is 2.80. The summed E-state index contributed by atoms with van der Waals surface area (Å²) in [6.07, 6.45) is 3.01. The van der Waals surface area contributed by atoms with Crippen LogP contribution in [0.5, 0.6) is 11.5 Å². The SMILES string of the molecule is COc1cc(Nc2ncnc3cc(OC)c(NC(=O)/C(F)=C/CCN(C)C)cc23)c(Cl)cc1Cl.